The highest BCUT2D eigenvalue weighted by Crippen LogP contribution is 2.33. The van der Waals surface area contributed by atoms with Gasteiger partial charge in [0.15, 0.2) is 0 Å². The standard InChI is InChI=1S/C10H8F2N2OS/c1-16-9-7(11)3-2-5(8(9)12)6-4-14-15-10(6)13/h2-4H,13H2,1H3. The summed E-state index contributed by atoms with van der Waals surface area (Å²) in [5.74, 6) is -1.23. The minimum atomic E-state index is -0.651. The summed E-state index contributed by atoms with van der Waals surface area (Å²) >= 11 is 0.997. The maximum absolute atomic E-state index is 13.9. The summed E-state index contributed by atoms with van der Waals surface area (Å²) in [5.41, 5.74) is 5.99. The first-order chi connectivity index (χ1) is 7.65. The summed E-state index contributed by atoms with van der Waals surface area (Å²) in [6.45, 7) is 0. The van der Waals surface area contributed by atoms with E-state index in [-0.39, 0.29) is 16.3 Å². The van der Waals surface area contributed by atoms with Crippen LogP contribution in [-0.4, -0.2) is 11.4 Å². The zero-order valence-corrected chi connectivity index (χ0v) is 9.15. The first-order valence-electron chi connectivity index (χ1n) is 4.37. The van der Waals surface area contributed by atoms with Crippen LogP contribution in [0, 0.1) is 11.6 Å². The fraction of sp³-hybridized carbons (Fsp3) is 0.100. The lowest BCUT2D eigenvalue weighted by molar-refractivity contribution is 0.436. The quantitative estimate of drug-likeness (QED) is 0.822. The molecule has 16 heavy (non-hydrogen) atoms. The van der Waals surface area contributed by atoms with E-state index in [9.17, 15) is 8.78 Å². The fourth-order valence-corrected chi connectivity index (χ4v) is 1.93. The van der Waals surface area contributed by atoms with E-state index in [1.54, 1.807) is 6.26 Å². The molecule has 0 aliphatic rings. The van der Waals surface area contributed by atoms with Crippen LogP contribution >= 0.6 is 11.8 Å². The van der Waals surface area contributed by atoms with Crippen molar-refractivity contribution in [3.05, 3.63) is 30.0 Å². The monoisotopic (exact) mass is 242 g/mol. The van der Waals surface area contributed by atoms with Crippen molar-refractivity contribution in [3.8, 4) is 11.1 Å². The number of rotatable bonds is 2. The summed E-state index contributed by atoms with van der Waals surface area (Å²) in [7, 11) is 0. The second-order valence-corrected chi connectivity index (χ2v) is 3.86. The molecule has 1 heterocycles. The minimum Gasteiger partial charge on any atom is -0.367 e. The van der Waals surface area contributed by atoms with Crippen LogP contribution in [0.15, 0.2) is 27.7 Å². The zero-order valence-electron chi connectivity index (χ0n) is 8.33. The number of thioether (sulfide) groups is 1. The molecule has 84 valence electrons. The summed E-state index contributed by atoms with van der Waals surface area (Å²) in [4.78, 5) is -0.0434. The summed E-state index contributed by atoms with van der Waals surface area (Å²) in [6.07, 6.45) is 2.90. The van der Waals surface area contributed by atoms with Crippen LogP contribution in [0.3, 0.4) is 0 Å². The van der Waals surface area contributed by atoms with Gasteiger partial charge >= 0.3 is 0 Å². The van der Waals surface area contributed by atoms with Crippen LogP contribution in [-0.2, 0) is 0 Å². The third-order valence-electron chi connectivity index (χ3n) is 2.14. The Labute approximate surface area is 94.6 Å². The van der Waals surface area contributed by atoms with Crippen molar-refractivity contribution >= 4 is 17.6 Å². The average molecular weight is 242 g/mol. The van der Waals surface area contributed by atoms with Gasteiger partial charge in [0.1, 0.15) is 11.6 Å². The van der Waals surface area contributed by atoms with Gasteiger partial charge in [-0.05, 0) is 18.4 Å². The molecule has 0 unspecified atom stereocenters. The van der Waals surface area contributed by atoms with Crippen molar-refractivity contribution in [2.45, 2.75) is 4.90 Å². The van der Waals surface area contributed by atoms with Gasteiger partial charge < -0.3 is 10.3 Å². The molecule has 1 aromatic carbocycles. The van der Waals surface area contributed by atoms with Gasteiger partial charge in [-0.1, -0.05) is 5.16 Å². The maximum Gasteiger partial charge on any atom is 0.230 e. The lowest BCUT2D eigenvalue weighted by atomic mass is 10.1. The number of anilines is 1. The molecule has 0 saturated carbocycles. The molecule has 0 aliphatic carbocycles. The number of aromatic nitrogens is 1. The summed E-state index contributed by atoms with van der Waals surface area (Å²) < 4.78 is 31.8. The molecule has 0 amide bonds. The number of nitrogens with zero attached hydrogens (tertiary/aromatic N) is 1. The summed E-state index contributed by atoms with van der Waals surface area (Å²) in [5, 5.41) is 3.45. The molecule has 0 atom stereocenters. The predicted octanol–water partition coefficient (Wildman–Crippen LogP) is 2.92. The predicted molar refractivity (Wildman–Crippen MR) is 58.0 cm³/mol. The van der Waals surface area contributed by atoms with Gasteiger partial charge in [-0.25, -0.2) is 8.78 Å². The van der Waals surface area contributed by atoms with E-state index in [1.807, 2.05) is 0 Å². The van der Waals surface area contributed by atoms with E-state index in [2.05, 4.69) is 9.68 Å². The van der Waals surface area contributed by atoms with Crippen LogP contribution < -0.4 is 5.73 Å². The highest BCUT2D eigenvalue weighted by molar-refractivity contribution is 7.98. The second-order valence-electron chi connectivity index (χ2n) is 3.05. The third kappa shape index (κ3) is 1.65. The Balaban J connectivity index is 2.63. The van der Waals surface area contributed by atoms with Crippen molar-refractivity contribution in [3.63, 3.8) is 0 Å². The number of nitrogen functional groups attached to an aromatic ring is 1. The Morgan fingerprint density at radius 1 is 1.31 bits per heavy atom. The molecule has 6 heteroatoms. The van der Waals surface area contributed by atoms with E-state index < -0.39 is 11.6 Å². The third-order valence-corrected chi connectivity index (χ3v) is 2.92. The van der Waals surface area contributed by atoms with Gasteiger partial charge in [-0.3, -0.25) is 0 Å². The largest absolute Gasteiger partial charge is 0.367 e. The number of benzene rings is 1. The Morgan fingerprint density at radius 3 is 2.62 bits per heavy atom. The van der Waals surface area contributed by atoms with Gasteiger partial charge in [0.05, 0.1) is 16.7 Å². The van der Waals surface area contributed by atoms with E-state index in [0.29, 0.717) is 5.56 Å². The summed E-state index contributed by atoms with van der Waals surface area (Å²) in [6, 6.07) is 2.50. The number of hydrogen-bond acceptors (Lipinski definition) is 4. The second kappa shape index (κ2) is 4.13. The van der Waals surface area contributed by atoms with E-state index in [4.69, 9.17) is 5.73 Å². The number of halogens is 2. The molecule has 2 N–H and O–H groups in total. The molecular weight excluding hydrogens is 234 g/mol. The first kappa shape index (κ1) is 10.9. The molecule has 0 radical (unpaired) electrons. The highest BCUT2D eigenvalue weighted by Gasteiger charge is 2.17. The molecule has 0 bridgehead atoms. The number of nitrogens with two attached hydrogens (primary N) is 1. The van der Waals surface area contributed by atoms with E-state index >= 15 is 0 Å². The minimum absolute atomic E-state index is 0.0116. The Morgan fingerprint density at radius 2 is 2.06 bits per heavy atom. The highest BCUT2D eigenvalue weighted by atomic mass is 32.2. The van der Waals surface area contributed by atoms with Crippen LogP contribution in [0.1, 0.15) is 0 Å². The fourth-order valence-electron chi connectivity index (χ4n) is 1.38. The zero-order chi connectivity index (χ0) is 11.7. The normalized spacial score (nSPS) is 10.7. The average Bonchev–Trinajstić information content (AvgIpc) is 2.66. The van der Waals surface area contributed by atoms with Gasteiger partial charge in [-0.2, -0.15) is 0 Å². The molecular formula is C10H8F2N2OS. The SMILES string of the molecule is CSc1c(F)ccc(-c2cnoc2N)c1F. The molecule has 2 aromatic rings. The topological polar surface area (TPSA) is 52.0 Å². The Bertz CT molecular complexity index is 528. The molecule has 0 fully saturated rings. The molecule has 2 rings (SSSR count). The smallest absolute Gasteiger partial charge is 0.230 e. The van der Waals surface area contributed by atoms with Crippen molar-refractivity contribution < 1.29 is 13.3 Å². The first-order valence-corrected chi connectivity index (χ1v) is 5.60. The van der Waals surface area contributed by atoms with E-state index in [0.717, 1.165) is 11.8 Å². The Kier molecular flexibility index (Phi) is 2.82. The van der Waals surface area contributed by atoms with Gasteiger partial charge in [-0.15, -0.1) is 11.8 Å². The molecule has 0 saturated heterocycles. The van der Waals surface area contributed by atoms with Gasteiger partial charge in [0, 0.05) is 5.56 Å². The molecule has 3 nitrogen and oxygen atoms in total. The molecule has 0 spiro atoms. The van der Waals surface area contributed by atoms with Crippen LogP contribution in [0.25, 0.3) is 11.1 Å². The maximum atomic E-state index is 13.9. The lowest BCUT2D eigenvalue weighted by Crippen LogP contribution is -1.93. The van der Waals surface area contributed by atoms with Crippen molar-refractivity contribution in [2.24, 2.45) is 0 Å². The van der Waals surface area contributed by atoms with Crippen molar-refractivity contribution in [1.29, 1.82) is 0 Å². The van der Waals surface area contributed by atoms with Crippen molar-refractivity contribution in [1.82, 2.24) is 5.16 Å². The Hall–Kier alpha value is -1.56. The van der Waals surface area contributed by atoms with E-state index in [1.165, 1.54) is 18.3 Å². The lowest BCUT2D eigenvalue weighted by Gasteiger charge is -2.05. The van der Waals surface area contributed by atoms with Gasteiger partial charge in [0.25, 0.3) is 0 Å². The van der Waals surface area contributed by atoms with Crippen LogP contribution in [0.2, 0.25) is 0 Å². The van der Waals surface area contributed by atoms with Crippen LogP contribution in [0.4, 0.5) is 14.7 Å². The number of hydrogen-bond donors (Lipinski definition) is 1. The van der Waals surface area contributed by atoms with Gasteiger partial charge in [0.2, 0.25) is 5.88 Å². The van der Waals surface area contributed by atoms with Crippen molar-refractivity contribution in [2.75, 3.05) is 12.0 Å². The van der Waals surface area contributed by atoms with Crippen LogP contribution in [0.5, 0.6) is 0 Å². The molecule has 0 aliphatic heterocycles. The molecule has 1 aromatic heterocycles.